The summed E-state index contributed by atoms with van der Waals surface area (Å²) in [7, 11) is -4.53. The van der Waals surface area contributed by atoms with E-state index in [1.54, 1.807) is 6.07 Å². The van der Waals surface area contributed by atoms with Crippen molar-refractivity contribution in [1.82, 2.24) is 0 Å². The molecule has 2 rings (SSSR count). The van der Waals surface area contributed by atoms with E-state index in [9.17, 15) is 17.2 Å². The molecular formula is C11H13F2NO2S. The predicted molar refractivity (Wildman–Crippen MR) is 60.9 cm³/mol. The topological polar surface area (TPSA) is 46.2 Å². The van der Waals surface area contributed by atoms with Gasteiger partial charge < -0.3 is 5.32 Å². The Kier molecular flexibility index (Phi) is 3.33. The second kappa shape index (κ2) is 4.60. The Morgan fingerprint density at radius 1 is 1.24 bits per heavy atom. The second-order valence-corrected chi connectivity index (χ2v) is 5.96. The number of sulfone groups is 1. The summed E-state index contributed by atoms with van der Waals surface area (Å²) in [5.74, 6) is -3.38. The number of benzene rings is 1. The van der Waals surface area contributed by atoms with Crippen LogP contribution in [0.3, 0.4) is 0 Å². The third kappa shape index (κ3) is 2.41. The van der Waals surface area contributed by atoms with Crippen LogP contribution in [0.1, 0.15) is 19.3 Å². The number of hydrogen-bond donors (Lipinski definition) is 1. The van der Waals surface area contributed by atoms with Crippen LogP contribution in [0.2, 0.25) is 0 Å². The Morgan fingerprint density at radius 3 is 2.41 bits per heavy atom. The lowest BCUT2D eigenvalue weighted by molar-refractivity contribution is 0.235. The van der Waals surface area contributed by atoms with E-state index in [1.807, 2.05) is 0 Å². The molecule has 0 spiro atoms. The zero-order valence-corrected chi connectivity index (χ0v) is 9.88. The van der Waals surface area contributed by atoms with Crippen molar-refractivity contribution in [2.24, 2.45) is 0 Å². The van der Waals surface area contributed by atoms with Crippen LogP contribution >= 0.6 is 0 Å². The second-order valence-electron chi connectivity index (χ2n) is 4.07. The van der Waals surface area contributed by atoms with Crippen LogP contribution in [0.25, 0.3) is 0 Å². The molecule has 1 aromatic carbocycles. The molecule has 0 atom stereocenters. The molecule has 0 bridgehead atoms. The van der Waals surface area contributed by atoms with Gasteiger partial charge in [-0.3, -0.25) is 0 Å². The van der Waals surface area contributed by atoms with Gasteiger partial charge in [-0.1, -0.05) is 12.1 Å². The number of halogens is 2. The van der Waals surface area contributed by atoms with Gasteiger partial charge >= 0.3 is 5.76 Å². The molecule has 6 heteroatoms. The molecule has 0 aliphatic heterocycles. The average molecular weight is 261 g/mol. The largest absolute Gasteiger partial charge is 0.381 e. The standard InChI is InChI=1S/C11H13F2NO2S/c12-11(13)17(15,16)10-7-2-1-6-9(10)14-8-4-3-5-8/h1-2,6-8,11,14H,3-5H2. The van der Waals surface area contributed by atoms with Crippen LogP contribution in [-0.2, 0) is 9.84 Å². The van der Waals surface area contributed by atoms with Gasteiger partial charge in [-0.05, 0) is 31.4 Å². The van der Waals surface area contributed by atoms with Crippen molar-refractivity contribution in [3.05, 3.63) is 24.3 Å². The molecule has 0 heterocycles. The zero-order chi connectivity index (χ0) is 12.5. The van der Waals surface area contributed by atoms with Crippen LogP contribution in [-0.4, -0.2) is 20.2 Å². The van der Waals surface area contributed by atoms with E-state index in [4.69, 9.17) is 0 Å². The molecule has 94 valence electrons. The van der Waals surface area contributed by atoms with Gasteiger partial charge in [0.2, 0.25) is 9.84 Å². The normalized spacial score (nSPS) is 16.9. The first-order valence-corrected chi connectivity index (χ1v) is 6.94. The molecule has 1 fully saturated rings. The number of alkyl halides is 2. The van der Waals surface area contributed by atoms with Gasteiger partial charge in [0.1, 0.15) is 0 Å². The molecule has 1 aromatic rings. The Bertz CT molecular complexity index is 498. The summed E-state index contributed by atoms with van der Waals surface area (Å²) >= 11 is 0. The summed E-state index contributed by atoms with van der Waals surface area (Å²) in [4.78, 5) is -0.318. The molecule has 17 heavy (non-hydrogen) atoms. The van der Waals surface area contributed by atoms with Crippen molar-refractivity contribution in [3.8, 4) is 0 Å². The quantitative estimate of drug-likeness (QED) is 0.906. The number of hydrogen-bond acceptors (Lipinski definition) is 3. The number of anilines is 1. The molecule has 3 nitrogen and oxygen atoms in total. The molecule has 0 amide bonds. The molecule has 0 saturated heterocycles. The van der Waals surface area contributed by atoms with Crippen molar-refractivity contribution in [1.29, 1.82) is 0 Å². The highest BCUT2D eigenvalue weighted by molar-refractivity contribution is 7.91. The van der Waals surface area contributed by atoms with E-state index in [2.05, 4.69) is 5.32 Å². The maximum absolute atomic E-state index is 12.5. The first-order chi connectivity index (χ1) is 8.01. The molecule has 1 aliphatic carbocycles. The fourth-order valence-corrected chi connectivity index (χ4v) is 2.60. The maximum Gasteiger partial charge on any atom is 0.341 e. The Hall–Kier alpha value is -1.17. The first kappa shape index (κ1) is 12.3. The minimum atomic E-state index is -4.53. The van der Waals surface area contributed by atoms with Crippen molar-refractivity contribution in [2.75, 3.05) is 5.32 Å². The first-order valence-electron chi connectivity index (χ1n) is 5.39. The van der Waals surface area contributed by atoms with Gasteiger partial charge in [-0.2, -0.15) is 8.78 Å². The van der Waals surface area contributed by atoms with Crippen LogP contribution < -0.4 is 5.32 Å². The minimum absolute atomic E-state index is 0.198. The van der Waals surface area contributed by atoms with Crippen LogP contribution in [0.15, 0.2) is 29.2 Å². The van der Waals surface area contributed by atoms with Gasteiger partial charge in [0.25, 0.3) is 0 Å². The highest BCUT2D eigenvalue weighted by Gasteiger charge is 2.30. The van der Waals surface area contributed by atoms with Crippen molar-refractivity contribution in [3.63, 3.8) is 0 Å². The molecule has 1 N–H and O–H groups in total. The van der Waals surface area contributed by atoms with Crippen molar-refractivity contribution in [2.45, 2.75) is 36.0 Å². The van der Waals surface area contributed by atoms with E-state index in [1.165, 1.54) is 18.2 Å². The lowest BCUT2D eigenvalue weighted by atomic mass is 9.93. The molecule has 0 unspecified atom stereocenters. The van der Waals surface area contributed by atoms with Gasteiger partial charge in [-0.15, -0.1) is 0 Å². The highest BCUT2D eigenvalue weighted by Crippen LogP contribution is 2.30. The summed E-state index contributed by atoms with van der Waals surface area (Å²) in [6, 6.07) is 6.01. The summed E-state index contributed by atoms with van der Waals surface area (Å²) in [6.07, 6.45) is 2.98. The van der Waals surface area contributed by atoms with Crippen LogP contribution in [0.5, 0.6) is 0 Å². The SMILES string of the molecule is O=S(=O)(c1ccccc1NC1CCC1)C(F)F. The van der Waals surface area contributed by atoms with Crippen LogP contribution in [0.4, 0.5) is 14.5 Å². The van der Waals surface area contributed by atoms with Crippen molar-refractivity contribution < 1.29 is 17.2 Å². The van der Waals surface area contributed by atoms with E-state index >= 15 is 0 Å². The zero-order valence-electron chi connectivity index (χ0n) is 9.07. The molecule has 0 radical (unpaired) electrons. The van der Waals surface area contributed by atoms with E-state index in [-0.39, 0.29) is 16.6 Å². The monoisotopic (exact) mass is 261 g/mol. The minimum Gasteiger partial charge on any atom is -0.381 e. The van der Waals surface area contributed by atoms with E-state index < -0.39 is 15.6 Å². The fourth-order valence-electron chi connectivity index (χ4n) is 1.70. The summed E-state index contributed by atoms with van der Waals surface area (Å²) < 4.78 is 47.9. The molecule has 1 saturated carbocycles. The van der Waals surface area contributed by atoms with Crippen molar-refractivity contribution >= 4 is 15.5 Å². The van der Waals surface area contributed by atoms with E-state index in [0.717, 1.165) is 19.3 Å². The highest BCUT2D eigenvalue weighted by atomic mass is 32.2. The van der Waals surface area contributed by atoms with Gasteiger partial charge in [0.05, 0.1) is 10.6 Å². The Morgan fingerprint density at radius 2 is 1.88 bits per heavy atom. The molecule has 0 aromatic heterocycles. The fraction of sp³-hybridized carbons (Fsp3) is 0.455. The number of para-hydroxylation sites is 1. The third-order valence-electron chi connectivity index (χ3n) is 2.89. The third-order valence-corrected chi connectivity index (χ3v) is 4.33. The lowest BCUT2D eigenvalue weighted by Gasteiger charge is -2.28. The van der Waals surface area contributed by atoms with Gasteiger partial charge in [0, 0.05) is 6.04 Å². The van der Waals surface area contributed by atoms with Gasteiger partial charge in [-0.25, -0.2) is 8.42 Å². The van der Waals surface area contributed by atoms with E-state index in [0.29, 0.717) is 0 Å². The summed E-state index contributed by atoms with van der Waals surface area (Å²) in [5, 5.41) is 3.00. The average Bonchev–Trinajstić information content (AvgIpc) is 2.23. The number of nitrogens with one attached hydrogen (secondary N) is 1. The van der Waals surface area contributed by atoms with Gasteiger partial charge in [0.15, 0.2) is 0 Å². The Balaban J connectivity index is 2.33. The predicted octanol–water partition coefficient (Wildman–Crippen LogP) is 2.65. The maximum atomic E-state index is 12.5. The lowest BCUT2D eigenvalue weighted by Crippen LogP contribution is -2.28. The Labute approximate surface area is 98.8 Å². The van der Waals surface area contributed by atoms with Crippen LogP contribution in [0, 0.1) is 0 Å². The summed E-state index contributed by atoms with van der Waals surface area (Å²) in [5.41, 5.74) is 0.275. The molecular weight excluding hydrogens is 248 g/mol. The number of rotatable bonds is 4. The smallest absolute Gasteiger partial charge is 0.341 e. The molecule has 1 aliphatic rings. The summed E-state index contributed by atoms with van der Waals surface area (Å²) in [6.45, 7) is 0.